The topological polar surface area (TPSA) is 41.5 Å². The summed E-state index contributed by atoms with van der Waals surface area (Å²) in [5, 5.41) is 2.92. The summed E-state index contributed by atoms with van der Waals surface area (Å²) in [6, 6.07) is 17.2. The van der Waals surface area contributed by atoms with E-state index in [1.54, 1.807) is 0 Å². The summed E-state index contributed by atoms with van der Waals surface area (Å²) in [5.41, 5.74) is 2.68. The average molecular weight is 299 g/mol. The number of aryl methyl sites for hydroxylation is 1. The molecule has 1 N–H and O–H groups in total. The van der Waals surface area contributed by atoms with E-state index in [1.807, 2.05) is 74.0 Å². The fourth-order valence-electron chi connectivity index (χ4n) is 1.81. The van der Waals surface area contributed by atoms with Gasteiger partial charge in [0.2, 0.25) is 0 Å². The molecule has 0 aliphatic carbocycles. The molecule has 0 saturated carbocycles. The molecule has 21 heavy (non-hydrogen) atoms. The van der Waals surface area contributed by atoms with Crippen molar-refractivity contribution in [1.82, 2.24) is 5.32 Å². The zero-order valence-electron chi connectivity index (χ0n) is 12.5. The van der Waals surface area contributed by atoms with E-state index in [1.165, 1.54) is 0 Å². The molecule has 1 amide bonds. The number of amidine groups is 1. The van der Waals surface area contributed by atoms with Crippen molar-refractivity contribution in [2.75, 3.05) is 12.5 Å². The van der Waals surface area contributed by atoms with Gasteiger partial charge < -0.3 is 5.32 Å². The Morgan fingerprint density at radius 3 is 2.14 bits per heavy atom. The highest BCUT2D eigenvalue weighted by Crippen LogP contribution is 2.06. The van der Waals surface area contributed by atoms with Crippen LogP contribution in [0.2, 0.25) is 0 Å². The molecule has 2 aromatic carbocycles. The fraction of sp³-hybridized carbons (Fsp3) is 0.176. The monoisotopic (exact) mass is 299 g/mol. The van der Waals surface area contributed by atoms with Crippen LogP contribution in [0.25, 0.3) is 0 Å². The van der Waals surface area contributed by atoms with E-state index in [9.17, 15) is 4.79 Å². The molecule has 0 aliphatic rings. The number of rotatable bonds is 3. The van der Waals surface area contributed by atoms with E-state index >= 15 is 0 Å². The van der Waals surface area contributed by atoms with E-state index in [0.29, 0.717) is 11.4 Å². The molecule has 0 atom stereocenters. The van der Waals surface area contributed by atoms with Crippen LogP contribution in [0.5, 0.6) is 0 Å². The first-order chi connectivity index (χ1) is 10.1. The summed E-state index contributed by atoms with van der Waals surface area (Å²) >= 11 is -0.149. The van der Waals surface area contributed by atoms with Crippen molar-refractivity contribution >= 4 is 22.8 Å². The van der Waals surface area contributed by atoms with Crippen LogP contribution in [-0.4, -0.2) is 24.3 Å². The number of carbonyl (C=O) groups is 1. The highest BCUT2D eigenvalue weighted by atomic mass is 32.2. The Morgan fingerprint density at radius 1 is 0.952 bits per heavy atom. The van der Waals surface area contributed by atoms with Gasteiger partial charge in [0.1, 0.15) is 23.6 Å². The standard InChI is InChI=1S/C17H18N2OS/c1-13-9-11-15(12-10-13)17(20)18-16(19-21(2)3)14-7-5-4-6-8-14/h4-12H,1-3H3/p+1. The number of hydrogen-bond donors (Lipinski definition) is 1. The second kappa shape index (κ2) is 7.09. The summed E-state index contributed by atoms with van der Waals surface area (Å²) in [4.78, 5) is 12.3. The van der Waals surface area contributed by atoms with Gasteiger partial charge in [-0.2, -0.15) is 0 Å². The zero-order chi connectivity index (χ0) is 15.2. The zero-order valence-corrected chi connectivity index (χ0v) is 13.3. The number of amides is 1. The van der Waals surface area contributed by atoms with Gasteiger partial charge in [-0.3, -0.25) is 4.79 Å². The van der Waals surface area contributed by atoms with Crippen molar-refractivity contribution in [1.29, 1.82) is 0 Å². The normalized spacial score (nSPS) is 11.5. The van der Waals surface area contributed by atoms with E-state index < -0.39 is 0 Å². The first-order valence-electron chi connectivity index (χ1n) is 6.66. The van der Waals surface area contributed by atoms with E-state index in [2.05, 4.69) is 9.71 Å². The van der Waals surface area contributed by atoms with Gasteiger partial charge in [-0.25, -0.2) is 0 Å². The minimum Gasteiger partial charge on any atom is -0.302 e. The first kappa shape index (κ1) is 15.3. The van der Waals surface area contributed by atoms with E-state index in [-0.39, 0.29) is 17.0 Å². The molecule has 0 aliphatic heterocycles. The lowest BCUT2D eigenvalue weighted by atomic mass is 10.1. The van der Waals surface area contributed by atoms with Gasteiger partial charge in [-0.15, -0.1) is 0 Å². The van der Waals surface area contributed by atoms with Gasteiger partial charge in [0.25, 0.3) is 5.91 Å². The predicted molar refractivity (Wildman–Crippen MR) is 90.8 cm³/mol. The number of nitrogens with zero attached hydrogens (tertiary/aromatic N) is 1. The summed E-state index contributed by atoms with van der Waals surface area (Å²) in [6.45, 7) is 2.00. The Hall–Kier alpha value is -2.07. The van der Waals surface area contributed by atoms with E-state index in [0.717, 1.165) is 11.1 Å². The van der Waals surface area contributed by atoms with Crippen LogP contribution >= 0.6 is 0 Å². The lowest BCUT2D eigenvalue weighted by molar-refractivity contribution is 0.0977. The van der Waals surface area contributed by atoms with Gasteiger partial charge in [-0.05, 0) is 23.5 Å². The molecule has 4 heteroatoms. The molecule has 0 radical (unpaired) electrons. The molecular weight excluding hydrogens is 280 g/mol. The van der Waals surface area contributed by atoms with Crippen LogP contribution in [-0.2, 0) is 11.1 Å². The van der Waals surface area contributed by atoms with Crippen LogP contribution in [0.1, 0.15) is 21.5 Å². The predicted octanol–water partition coefficient (Wildman–Crippen LogP) is 2.96. The van der Waals surface area contributed by atoms with Crippen molar-refractivity contribution in [2.45, 2.75) is 6.92 Å². The van der Waals surface area contributed by atoms with Crippen LogP contribution in [0.15, 0.2) is 59.0 Å². The van der Waals surface area contributed by atoms with Gasteiger partial charge in [0, 0.05) is 11.1 Å². The van der Waals surface area contributed by atoms with Crippen molar-refractivity contribution in [3.8, 4) is 0 Å². The molecule has 0 bridgehead atoms. The molecular formula is C17H19N2OS+. The van der Waals surface area contributed by atoms with Gasteiger partial charge >= 0.3 is 0 Å². The minimum atomic E-state index is -0.149. The average Bonchev–Trinajstić information content (AvgIpc) is 2.47. The Kier molecular flexibility index (Phi) is 5.17. The van der Waals surface area contributed by atoms with Crippen LogP contribution in [0, 0.1) is 6.92 Å². The minimum absolute atomic E-state index is 0.136. The Labute approximate surface area is 128 Å². The molecule has 0 spiro atoms. The van der Waals surface area contributed by atoms with Gasteiger partial charge in [0.05, 0.1) is 0 Å². The number of hydrogen-bond acceptors (Lipinski definition) is 2. The summed E-state index contributed by atoms with van der Waals surface area (Å²) in [7, 11) is 0. The molecule has 0 fully saturated rings. The molecule has 0 saturated heterocycles. The van der Waals surface area contributed by atoms with Crippen LogP contribution in [0.4, 0.5) is 0 Å². The molecule has 3 nitrogen and oxygen atoms in total. The molecule has 108 valence electrons. The van der Waals surface area contributed by atoms with Gasteiger partial charge in [0.15, 0.2) is 5.84 Å². The maximum atomic E-state index is 12.3. The summed E-state index contributed by atoms with van der Waals surface area (Å²) in [5.74, 6) is 0.484. The Bertz CT molecular complexity index is 634. The largest absolute Gasteiger partial charge is 0.302 e. The summed E-state index contributed by atoms with van der Waals surface area (Å²) < 4.78 is 4.54. The first-order valence-corrected chi connectivity index (χ1v) is 8.66. The van der Waals surface area contributed by atoms with Crippen molar-refractivity contribution in [3.63, 3.8) is 0 Å². The maximum absolute atomic E-state index is 12.3. The quantitative estimate of drug-likeness (QED) is 0.528. The third kappa shape index (κ3) is 4.46. The second-order valence-corrected chi connectivity index (χ2v) is 6.63. The third-order valence-corrected chi connectivity index (χ3v) is 3.41. The highest BCUT2D eigenvalue weighted by Gasteiger charge is 2.14. The van der Waals surface area contributed by atoms with Crippen molar-refractivity contribution in [2.24, 2.45) is 4.40 Å². The Balaban J connectivity index is 2.24. The van der Waals surface area contributed by atoms with Gasteiger partial charge in [-0.1, -0.05) is 48.0 Å². The third-order valence-electron chi connectivity index (χ3n) is 2.87. The number of benzene rings is 2. The van der Waals surface area contributed by atoms with Crippen molar-refractivity contribution in [3.05, 3.63) is 71.3 Å². The lowest BCUT2D eigenvalue weighted by Crippen LogP contribution is -2.32. The van der Waals surface area contributed by atoms with Crippen molar-refractivity contribution < 1.29 is 4.79 Å². The highest BCUT2D eigenvalue weighted by molar-refractivity contribution is 7.94. The molecule has 2 aromatic rings. The molecule has 0 heterocycles. The SMILES string of the molecule is Cc1ccc(C(=O)N/C(=N/[S+](C)C)c2ccccc2)cc1. The van der Waals surface area contributed by atoms with Crippen LogP contribution < -0.4 is 5.32 Å². The van der Waals surface area contributed by atoms with E-state index in [4.69, 9.17) is 0 Å². The van der Waals surface area contributed by atoms with Crippen LogP contribution in [0.3, 0.4) is 0 Å². The lowest BCUT2D eigenvalue weighted by Gasteiger charge is -2.07. The summed E-state index contributed by atoms with van der Waals surface area (Å²) in [6.07, 6.45) is 4.03. The fourth-order valence-corrected chi connectivity index (χ4v) is 2.33. The number of nitrogens with one attached hydrogen (secondary N) is 1. The smallest absolute Gasteiger partial charge is 0.256 e. The maximum Gasteiger partial charge on any atom is 0.256 e. The molecule has 2 rings (SSSR count). The Morgan fingerprint density at radius 2 is 1.57 bits per heavy atom. The molecule has 0 aromatic heterocycles. The number of carbonyl (C=O) groups excluding carboxylic acids is 1. The second-order valence-electron chi connectivity index (χ2n) is 4.90. The molecule has 0 unspecified atom stereocenters.